The van der Waals surface area contributed by atoms with Gasteiger partial charge in [-0.3, -0.25) is 4.79 Å². The van der Waals surface area contributed by atoms with Crippen molar-refractivity contribution in [2.24, 2.45) is 11.8 Å². The van der Waals surface area contributed by atoms with Gasteiger partial charge in [0, 0.05) is 22.9 Å². The summed E-state index contributed by atoms with van der Waals surface area (Å²) in [4.78, 5) is 12.4. The van der Waals surface area contributed by atoms with Crippen molar-refractivity contribution in [2.75, 3.05) is 11.9 Å². The minimum absolute atomic E-state index is 0.0296. The molecule has 1 aliphatic rings. The first-order valence-corrected chi connectivity index (χ1v) is 7.69. The summed E-state index contributed by atoms with van der Waals surface area (Å²) in [5, 5.41) is 12.3. The van der Waals surface area contributed by atoms with Gasteiger partial charge in [0.1, 0.15) is 0 Å². The molecule has 3 nitrogen and oxygen atoms in total. The summed E-state index contributed by atoms with van der Waals surface area (Å²) >= 11 is 6.01. The summed E-state index contributed by atoms with van der Waals surface area (Å²) in [5.74, 6) is 6.38. The number of hydrogen-bond acceptors (Lipinski definition) is 2. The Morgan fingerprint density at radius 2 is 2.29 bits per heavy atom. The van der Waals surface area contributed by atoms with Crippen LogP contribution in [0.3, 0.4) is 0 Å². The summed E-state index contributed by atoms with van der Waals surface area (Å²) < 4.78 is 0. The molecule has 1 aromatic carbocycles. The van der Waals surface area contributed by atoms with E-state index in [2.05, 4.69) is 24.1 Å². The van der Waals surface area contributed by atoms with Gasteiger partial charge in [-0.05, 0) is 37.0 Å². The summed E-state index contributed by atoms with van der Waals surface area (Å²) in [7, 11) is 0. The molecule has 0 spiro atoms. The maximum atomic E-state index is 12.4. The Labute approximate surface area is 130 Å². The molecule has 1 saturated carbocycles. The van der Waals surface area contributed by atoms with E-state index in [-0.39, 0.29) is 18.4 Å². The number of carbonyl (C=O) groups is 1. The van der Waals surface area contributed by atoms with Crippen molar-refractivity contribution in [3.63, 3.8) is 0 Å². The Bertz CT molecular complexity index is 574. The number of rotatable bonds is 3. The van der Waals surface area contributed by atoms with Gasteiger partial charge in [-0.15, -0.1) is 0 Å². The third-order valence-corrected chi connectivity index (χ3v) is 4.13. The molecule has 0 aliphatic heterocycles. The average Bonchev–Trinajstić information content (AvgIpc) is 2.88. The predicted molar refractivity (Wildman–Crippen MR) is 85.2 cm³/mol. The van der Waals surface area contributed by atoms with Crippen LogP contribution in [0.25, 0.3) is 0 Å². The molecule has 0 radical (unpaired) electrons. The molecule has 2 N–H and O–H groups in total. The molecule has 112 valence electrons. The highest BCUT2D eigenvalue weighted by molar-refractivity contribution is 6.31. The van der Waals surface area contributed by atoms with Gasteiger partial charge in [0.15, 0.2) is 0 Å². The molecule has 1 aliphatic carbocycles. The van der Waals surface area contributed by atoms with Gasteiger partial charge in [-0.2, -0.15) is 0 Å². The molecule has 2 rings (SSSR count). The molecule has 1 amide bonds. The molecular weight excluding hydrogens is 286 g/mol. The highest BCUT2D eigenvalue weighted by atomic mass is 35.5. The van der Waals surface area contributed by atoms with E-state index in [1.807, 2.05) is 0 Å². The molecule has 0 aromatic heterocycles. The first-order valence-electron chi connectivity index (χ1n) is 7.32. The van der Waals surface area contributed by atoms with E-state index < -0.39 is 0 Å². The van der Waals surface area contributed by atoms with E-state index in [0.717, 1.165) is 24.8 Å². The number of nitrogens with one attached hydrogen (secondary N) is 1. The molecule has 2 atom stereocenters. The molecule has 1 aromatic rings. The Balaban J connectivity index is 2.16. The predicted octanol–water partition coefficient (Wildman–Crippen LogP) is 3.45. The zero-order valence-corrected chi connectivity index (χ0v) is 12.9. The number of anilines is 1. The highest BCUT2D eigenvalue weighted by Gasteiger charge is 2.29. The normalized spacial score (nSPS) is 20.7. The number of carbonyl (C=O) groups excluding carboxylic acids is 1. The third-order valence-electron chi connectivity index (χ3n) is 3.90. The van der Waals surface area contributed by atoms with Crippen molar-refractivity contribution in [2.45, 2.75) is 32.6 Å². The van der Waals surface area contributed by atoms with Crippen molar-refractivity contribution in [3.05, 3.63) is 28.8 Å². The fourth-order valence-electron chi connectivity index (χ4n) is 2.70. The van der Waals surface area contributed by atoms with E-state index in [9.17, 15) is 4.79 Å². The molecule has 0 heterocycles. The lowest BCUT2D eigenvalue weighted by atomic mass is 9.97. The van der Waals surface area contributed by atoms with Crippen molar-refractivity contribution >= 4 is 23.2 Å². The molecule has 2 unspecified atom stereocenters. The number of amides is 1. The maximum absolute atomic E-state index is 12.4. The van der Waals surface area contributed by atoms with Crippen LogP contribution in [0.1, 0.15) is 38.2 Å². The average molecular weight is 306 g/mol. The number of benzene rings is 1. The Morgan fingerprint density at radius 3 is 2.95 bits per heavy atom. The van der Waals surface area contributed by atoms with E-state index in [1.165, 1.54) is 0 Å². The van der Waals surface area contributed by atoms with Gasteiger partial charge in [0.2, 0.25) is 5.91 Å². The Morgan fingerprint density at radius 1 is 1.48 bits per heavy atom. The van der Waals surface area contributed by atoms with Gasteiger partial charge >= 0.3 is 0 Å². The first-order chi connectivity index (χ1) is 10.1. The summed E-state index contributed by atoms with van der Waals surface area (Å²) in [6.45, 7) is 2.15. The molecule has 4 heteroatoms. The topological polar surface area (TPSA) is 49.3 Å². The van der Waals surface area contributed by atoms with Crippen LogP contribution in [0.15, 0.2) is 18.2 Å². The SMILES string of the molecule is CC1CCCC1C(=O)Nc1cc(Cl)ccc1C#CCCO. The second kappa shape index (κ2) is 7.49. The van der Waals surface area contributed by atoms with Crippen LogP contribution in [-0.4, -0.2) is 17.6 Å². The second-order valence-electron chi connectivity index (χ2n) is 5.47. The monoisotopic (exact) mass is 305 g/mol. The molecule has 1 fully saturated rings. The van der Waals surface area contributed by atoms with Crippen LogP contribution in [0, 0.1) is 23.7 Å². The quantitative estimate of drug-likeness (QED) is 0.840. The lowest BCUT2D eigenvalue weighted by molar-refractivity contribution is -0.120. The van der Waals surface area contributed by atoms with Crippen LogP contribution < -0.4 is 5.32 Å². The summed E-state index contributed by atoms with van der Waals surface area (Å²) in [6, 6.07) is 5.26. The Kier molecular flexibility index (Phi) is 5.67. The minimum Gasteiger partial charge on any atom is -0.395 e. The van der Waals surface area contributed by atoms with Crippen molar-refractivity contribution in [1.29, 1.82) is 0 Å². The van der Waals surface area contributed by atoms with Crippen LogP contribution in [0.2, 0.25) is 5.02 Å². The van der Waals surface area contributed by atoms with Crippen LogP contribution in [-0.2, 0) is 4.79 Å². The zero-order valence-electron chi connectivity index (χ0n) is 12.2. The van der Waals surface area contributed by atoms with Gasteiger partial charge in [-0.1, -0.05) is 36.8 Å². The van der Waals surface area contributed by atoms with Crippen molar-refractivity contribution in [1.82, 2.24) is 0 Å². The largest absolute Gasteiger partial charge is 0.395 e. The molecule has 0 saturated heterocycles. The van der Waals surface area contributed by atoms with Crippen LogP contribution in [0.4, 0.5) is 5.69 Å². The number of aliphatic hydroxyl groups is 1. The van der Waals surface area contributed by atoms with Gasteiger partial charge < -0.3 is 10.4 Å². The summed E-state index contributed by atoms with van der Waals surface area (Å²) in [5.41, 5.74) is 1.38. The van der Waals surface area contributed by atoms with E-state index in [0.29, 0.717) is 23.0 Å². The third kappa shape index (κ3) is 4.23. The maximum Gasteiger partial charge on any atom is 0.227 e. The minimum atomic E-state index is 0.0296. The summed E-state index contributed by atoms with van der Waals surface area (Å²) in [6.07, 6.45) is 3.57. The first kappa shape index (κ1) is 15.9. The van der Waals surface area contributed by atoms with E-state index >= 15 is 0 Å². The standard InChI is InChI=1S/C17H20ClNO2/c1-12-5-4-7-15(12)17(21)19-16-11-14(18)9-8-13(16)6-2-3-10-20/h8-9,11-12,15,20H,3-5,7,10H2,1H3,(H,19,21). The lowest BCUT2D eigenvalue weighted by Gasteiger charge is -2.16. The van der Waals surface area contributed by atoms with Crippen LogP contribution >= 0.6 is 11.6 Å². The number of hydrogen-bond donors (Lipinski definition) is 2. The number of halogens is 1. The zero-order chi connectivity index (χ0) is 15.2. The van der Waals surface area contributed by atoms with Crippen molar-refractivity contribution in [3.8, 4) is 11.8 Å². The van der Waals surface area contributed by atoms with Gasteiger partial charge in [0.05, 0.1) is 12.3 Å². The number of aliphatic hydroxyl groups excluding tert-OH is 1. The van der Waals surface area contributed by atoms with Gasteiger partial charge in [0.25, 0.3) is 0 Å². The van der Waals surface area contributed by atoms with E-state index in [4.69, 9.17) is 16.7 Å². The van der Waals surface area contributed by atoms with E-state index in [1.54, 1.807) is 18.2 Å². The Hall–Kier alpha value is -1.50. The highest BCUT2D eigenvalue weighted by Crippen LogP contribution is 2.32. The smallest absolute Gasteiger partial charge is 0.227 e. The lowest BCUT2D eigenvalue weighted by Crippen LogP contribution is -2.24. The van der Waals surface area contributed by atoms with Crippen LogP contribution in [0.5, 0.6) is 0 Å². The molecule has 21 heavy (non-hydrogen) atoms. The van der Waals surface area contributed by atoms with Gasteiger partial charge in [-0.25, -0.2) is 0 Å². The molecule has 0 bridgehead atoms. The molecular formula is C17H20ClNO2. The fraction of sp³-hybridized carbons (Fsp3) is 0.471. The fourth-order valence-corrected chi connectivity index (χ4v) is 2.87. The second-order valence-corrected chi connectivity index (χ2v) is 5.91. The van der Waals surface area contributed by atoms with Crippen molar-refractivity contribution < 1.29 is 9.90 Å².